The summed E-state index contributed by atoms with van der Waals surface area (Å²) in [5.74, 6) is -0.569. The summed E-state index contributed by atoms with van der Waals surface area (Å²) in [5.41, 5.74) is 2.01. The molecule has 0 saturated carbocycles. The van der Waals surface area contributed by atoms with Crippen molar-refractivity contribution in [1.29, 1.82) is 0 Å². The monoisotopic (exact) mass is 659 g/mol. The fraction of sp³-hybridized carbons (Fsp3) is 0.486. The fourth-order valence-electron chi connectivity index (χ4n) is 6.79. The molecule has 248 valence electrons. The average Bonchev–Trinajstić information content (AvgIpc) is 3.52. The Bertz CT molecular complexity index is 1500. The van der Waals surface area contributed by atoms with E-state index in [-0.39, 0.29) is 23.5 Å². The molecule has 3 aromatic carbocycles. The predicted molar refractivity (Wildman–Crippen MR) is 168 cm³/mol. The molecule has 7 nitrogen and oxygen atoms in total. The first-order valence-electron chi connectivity index (χ1n) is 15.7. The Kier molecular flexibility index (Phi) is 10.3. The van der Waals surface area contributed by atoms with Crippen molar-refractivity contribution in [2.45, 2.75) is 80.7 Å². The van der Waals surface area contributed by atoms with Gasteiger partial charge in [0.05, 0.1) is 12.7 Å². The van der Waals surface area contributed by atoms with Gasteiger partial charge in [-0.1, -0.05) is 12.1 Å². The van der Waals surface area contributed by atoms with Crippen molar-refractivity contribution in [3.63, 3.8) is 0 Å². The molecule has 0 amide bonds. The van der Waals surface area contributed by atoms with Crippen LogP contribution in [0.25, 0.3) is 0 Å². The van der Waals surface area contributed by atoms with Crippen LogP contribution < -0.4 is 4.74 Å². The highest BCUT2D eigenvalue weighted by molar-refractivity contribution is 7.99. The fourth-order valence-corrected chi connectivity index (χ4v) is 7.46. The number of thioether (sulfide) groups is 1. The van der Waals surface area contributed by atoms with Crippen LogP contribution in [0.1, 0.15) is 59.3 Å². The highest BCUT2D eigenvalue weighted by atomic mass is 32.2. The minimum atomic E-state index is -1.38. The zero-order chi connectivity index (χ0) is 32.5. The second-order valence-electron chi connectivity index (χ2n) is 12.5. The van der Waals surface area contributed by atoms with Crippen LogP contribution in [0.3, 0.4) is 0 Å². The maximum atomic E-state index is 15.1. The molecule has 8 atom stereocenters. The highest BCUT2D eigenvalue weighted by Crippen LogP contribution is 2.38. The van der Waals surface area contributed by atoms with E-state index in [4.69, 9.17) is 14.2 Å². The number of hydrogen-bond acceptors (Lipinski definition) is 8. The molecule has 0 spiro atoms. The van der Waals surface area contributed by atoms with E-state index in [1.54, 1.807) is 19.2 Å². The van der Waals surface area contributed by atoms with Gasteiger partial charge in [-0.25, -0.2) is 13.2 Å². The third kappa shape index (κ3) is 7.11. The van der Waals surface area contributed by atoms with Crippen LogP contribution in [-0.4, -0.2) is 82.1 Å². The Morgan fingerprint density at radius 2 is 1.67 bits per heavy atom. The van der Waals surface area contributed by atoms with E-state index in [1.807, 2.05) is 24.3 Å². The van der Waals surface area contributed by atoms with Crippen LogP contribution in [0.5, 0.6) is 5.75 Å². The summed E-state index contributed by atoms with van der Waals surface area (Å²) in [7, 11) is 0. The van der Waals surface area contributed by atoms with E-state index < -0.39 is 47.6 Å². The molecule has 0 unspecified atom stereocenters. The van der Waals surface area contributed by atoms with Gasteiger partial charge >= 0.3 is 0 Å². The number of benzene rings is 3. The molecule has 46 heavy (non-hydrogen) atoms. The molecule has 0 aliphatic carbocycles. The summed E-state index contributed by atoms with van der Waals surface area (Å²) >= 11 is 1.23. The Morgan fingerprint density at radius 3 is 2.39 bits per heavy atom. The lowest BCUT2D eigenvalue weighted by molar-refractivity contribution is -0.200. The van der Waals surface area contributed by atoms with E-state index >= 15 is 4.39 Å². The van der Waals surface area contributed by atoms with E-state index in [1.165, 1.54) is 23.9 Å². The molecule has 6 rings (SSSR count). The van der Waals surface area contributed by atoms with Crippen molar-refractivity contribution in [1.82, 2.24) is 4.90 Å². The maximum absolute atomic E-state index is 15.1. The van der Waals surface area contributed by atoms with Gasteiger partial charge in [0.25, 0.3) is 0 Å². The summed E-state index contributed by atoms with van der Waals surface area (Å²) in [4.78, 5) is 2.34. The molecule has 0 bridgehead atoms. The van der Waals surface area contributed by atoms with Crippen LogP contribution >= 0.6 is 11.8 Å². The van der Waals surface area contributed by atoms with Gasteiger partial charge in [0, 0.05) is 31.1 Å². The quantitative estimate of drug-likeness (QED) is 0.304. The lowest BCUT2D eigenvalue weighted by atomic mass is 9.89. The van der Waals surface area contributed by atoms with Crippen molar-refractivity contribution < 1.29 is 42.7 Å². The number of likely N-dealkylation sites (tertiary alicyclic amines) is 1. The van der Waals surface area contributed by atoms with Crippen molar-refractivity contribution >= 4 is 11.8 Å². The number of rotatable bonds is 8. The number of nitrogens with zero attached hydrogens (tertiary/aromatic N) is 1. The molecule has 0 aromatic heterocycles. The van der Waals surface area contributed by atoms with Gasteiger partial charge in [0.2, 0.25) is 0 Å². The molecule has 3 aliphatic rings. The SMILES string of the molecule is CS[C@H]1O[C@@H](c2cc(Cc3ccc(O[C@@H]4CCN([C@@H]5CC[C@@H](c6cc(F)ccc6F)OC5)C4)cc3)c(F)cc2C)[C@H](O)[C@@H](O)[C@@H]1O. The minimum Gasteiger partial charge on any atom is -0.489 e. The Balaban J connectivity index is 1.04. The summed E-state index contributed by atoms with van der Waals surface area (Å²) in [6, 6.07) is 14.3. The smallest absolute Gasteiger partial charge is 0.132 e. The third-order valence-corrected chi connectivity index (χ3v) is 10.3. The molecule has 0 radical (unpaired) electrons. The normalized spacial score (nSPS) is 30.4. The topological polar surface area (TPSA) is 91.6 Å². The minimum absolute atomic E-state index is 0.00207. The van der Waals surface area contributed by atoms with E-state index in [0.717, 1.165) is 49.4 Å². The van der Waals surface area contributed by atoms with Crippen molar-refractivity contribution in [3.8, 4) is 5.75 Å². The van der Waals surface area contributed by atoms with Gasteiger partial charge in [-0.3, -0.25) is 4.90 Å². The Hall–Kier alpha value is -2.64. The summed E-state index contributed by atoms with van der Waals surface area (Å²) < 4.78 is 61.1. The Morgan fingerprint density at radius 1 is 0.891 bits per heavy atom. The molecule has 3 heterocycles. The van der Waals surface area contributed by atoms with Crippen molar-refractivity contribution in [3.05, 3.63) is 99.9 Å². The summed E-state index contributed by atoms with van der Waals surface area (Å²) in [5, 5.41) is 31.3. The first-order valence-corrected chi connectivity index (χ1v) is 17.0. The summed E-state index contributed by atoms with van der Waals surface area (Å²) in [6.45, 7) is 3.78. The van der Waals surface area contributed by atoms with Crippen LogP contribution in [0.15, 0.2) is 54.6 Å². The molecule has 3 fully saturated rings. The molecule has 3 saturated heterocycles. The van der Waals surface area contributed by atoms with Gasteiger partial charge < -0.3 is 29.5 Å². The molecule has 3 aromatic rings. The largest absolute Gasteiger partial charge is 0.489 e. The lowest BCUT2D eigenvalue weighted by Gasteiger charge is -2.40. The lowest BCUT2D eigenvalue weighted by Crippen LogP contribution is -2.53. The first-order chi connectivity index (χ1) is 22.1. The molecule has 11 heteroatoms. The zero-order valence-electron chi connectivity index (χ0n) is 25.8. The van der Waals surface area contributed by atoms with E-state index in [2.05, 4.69) is 4.90 Å². The van der Waals surface area contributed by atoms with Gasteiger partial charge in [-0.15, -0.1) is 11.8 Å². The number of aliphatic hydroxyl groups is 3. The highest BCUT2D eigenvalue weighted by Gasteiger charge is 2.44. The van der Waals surface area contributed by atoms with E-state index in [9.17, 15) is 24.1 Å². The van der Waals surface area contributed by atoms with Crippen LogP contribution in [0.4, 0.5) is 13.2 Å². The summed E-state index contributed by atoms with van der Waals surface area (Å²) in [6.07, 6.45) is -0.968. The molecular formula is C35H40F3NO6S. The second-order valence-corrected chi connectivity index (χ2v) is 13.4. The molecule has 3 N–H and O–H groups in total. The molecule has 3 aliphatic heterocycles. The van der Waals surface area contributed by atoms with Crippen molar-refractivity contribution in [2.24, 2.45) is 0 Å². The zero-order valence-corrected chi connectivity index (χ0v) is 26.6. The third-order valence-electron chi connectivity index (χ3n) is 9.41. The second kappa shape index (κ2) is 14.2. The first kappa shape index (κ1) is 33.3. The van der Waals surface area contributed by atoms with Crippen molar-refractivity contribution in [2.75, 3.05) is 26.0 Å². The number of aliphatic hydroxyl groups excluding tert-OH is 3. The van der Waals surface area contributed by atoms with Gasteiger partial charge in [0.15, 0.2) is 0 Å². The van der Waals surface area contributed by atoms with E-state index in [0.29, 0.717) is 36.1 Å². The number of ether oxygens (including phenoxy) is 3. The standard InChI is InChI=1S/C35H40F3NO6S/c1-19-13-29(38)21(15-26(19)34-32(41)31(40)33(42)35(45-34)46-2)14-20-3-7-24(8-4-20)44-25-11-12-39(17-25)23-6-10-30(43-18-23)27-16-22(36)5-9-28(27)37/h3-5,7-9,13,15-16,23,25,30-35,40-42H,6,10-12,14,17-18H2,1-2H3/t23-,25-,30+,31-,32-,33+,34+,35-/m1/s1. The molecular weight excluding hydrogens is 619 g/mol. The predicted octanol–water partition coefficient (Wildman–Crippen LogP) is 5.22. The van der Waals surface area contributed by atoms with Crippen LogP contribution in [0, 0.1) is 24.4 Å². The Labute approximate surface area is 271 Å². The maximum Gasteiger partial charge on any atom is 0.132 e. The van der Waals surface area contributed by atoms with Crippen LogP contribution in [-0.2, 0) is 15.9 Å². The van der Waals surface area contributed by atoms with Crippen LogP contribution in [0.2, 0.25) is 0 Å². The number of hydrogen-bond donors (Lipinski definition) is 3. The number of halogens is 3. The number of aryl methyl sites for hydroxylation is 1. The average molecular weight is 660 g/mol. The van der Waals surface area contributed by atoms with Gasteiger partial charge in [0.1, 0.15) is 59.2 Å². The van der Waals surface area contributed by atoms with Gasteiger partial charge in [-0.05, 0) is 97.2 Å². The van der Waals surface area contributed by atoms with Gasteiger partial charge in [-0.2, -0.15) is 0 Å².